The Labute approximate surface area is 162 Å². The third-order valence-electron chi connectivity index (χ3n) is 4.58. The minimum atomic E-state index is -0.377. The van der Waals surface area contributed by atoms with Crippen LogP contribution in [0.3, 0.4) is 0 Å². The molecule has 7 heteroatoms. The molecule has 0 saturated carbocycles. The van der Waals surface area contributed by atoms with Gasteiger partial charge in [0.2, 0.25) is 0 Å². The second-order valence-corrected chi connectivity index (χ2v) is 6.88. The van der Waals surface area contributed by atoms with Crippen LogP contribution in [-0.2, 0) is 4.74 Å². The van der Waals surface area contributed by atoms with Crippen molar-refractivity contribution in [3.05, 3.63) is 48.0 Å². The molecular formula is C21H23N5O2. The van der Waals surface area contributed by atoms with Crippen molar-refractivity contribution in [1.29, 1.82) is 0 Å². The average Bonchev–Trinajstić information content (AvgIpc) is 3.07. The fourth-order valence-corrected chi connectivity index (χ4v) is 3.26. The van der Waals surface area contributed by atoms with Crippen LogP contribution in [0.15, 0.2) is 42.5 Å². The van der Waals surface area contributed by atoms with Crippen molar-refractivity contribution in [3.8, 4) is 0 Å². The van der Waals surface area contributed by atoms with Gasteiger partial charge in [0.15, 0.2) is 5.65 Å². The van der Waals surface area contributed by atoms with Gasteiger partial charge in [0.05, 0.1) is 17.6 Å². The molecular weight excluding hydrogens is 354 g/mol. The second-order valence-electron chi connectivity index (χ2n) is 6.88. The lowest BCUT2D eigenvalue weighted by Crippen LogP contribution is -2.21. The molecule has 3 heterocycles. The minimum Gasteiger partial charge on any atom is -0.462 e. The van der Waals surface area contributed by atoms with Crippen LogP contribution in [0, 0.1) is 0 Å². The van der Waals surface area contributed by atoms with Crippen molar-refractivity contribution in [2.75, 3.05) is 39.1 Å². The van der Waals surface area contributed by atoms with Gasteiger partial charge in [-0.25, -0.2) is 14.8 Å². The summed E-state index contributed by atoms with van der Waals surface area (Å²) in [5.41, 5.74) is 3.48. The highest BCUT2D eigenvalue weighted by Crippen LogP contribution is 2.26. The number of carbonyl (C=O) groups excluding carboxylic acids is 1. The smallest absolute Gasteiger partial charge is 0.341 e. The lowest BCUT2D eigenvalue weighted by Gasteiger charge is -2.12. The number of anilines is 1. The number of nitrogens with one attached hydrogen (secondary N) is 1. The molecule has 1 aromatic carbocycles. The molecule has 0 fully saturated rings. The number of rotatable bonds is 6. The molecule has 0 saturated heterocycles. The zero-order valence-corrected chi connectivity index (χ0v) is 16.3. The maximum absolute atomic E-state index is 12.5. The highest BCUT2D eigenvalue weighted by Gasteiger charge is 2.19. The molecule has 0 bridgehead atoms. The van der Waals surface area contributed by atoms with Gasteiger partial charge in [-0.05, 0) is 51.4 Å². The highest BCUT2D eigenvalue weighted by atomic mass is 16.5. The van der Waals surface area contributed by atoms with Gasteiger partial charge in [-0.3, -0.25) is 4.40 Å². The predicted octanol–water partition coefficient (Wildman–Crippen LogP) is 3.19. The van der Waals surface area contributed by atoms with Gasteiger partial charge < -0.3 is 15.0 Å². The number of ether oxygens (including phenoxy) is 1. The van der Waals surface area contributed by atoms with Crippen molar-refractivity contribution >= 4 is 39.5 Å². The Hall–Kier alpha value is -3.19. The van der Waals surface area contributed by atoms with Crippen LogP contribution < -0.4 is 5.32 Å². The molecule has 28 heavy (non-hydrogen) atoms. The van der Waals surface area contributed by atoms with E-state index in [1.54, 1.807) is 6.92 Å². The second kappa shape index (κ2) is 7.44. The molecule has 0 aliphatic heterocycles. The molecule has 144 valence electrons. The predicted molar refractivity (Wildman–Crippen MR) is 111 cm³/mol. The van der Waals surface area contributed by atoms with E-state index < -0.39 is 0 Å². The number of hydrogen-bond acceptors (Lipinski definition) is 6. The molecule has 0 aliphatic carbocycles. The van der Waals surface area contributed by atoms with E-state index in [0.29, 0.717) is 17.8 Å². The maximum Gasteiger partial charge on any atom is 0.341 e. The number of esters is 1. The van der Waals surface area contributed by atoms with Crippen molar-refractivity contribution in [3.63, 3.8) is 0 Å². The summed E-state index contributed by atoms with van der Waals surface area (Å²) >= 11 is 0. The Morgan fingerprint density at radius 3 is 2.75 bits per heavy atom. The molecule has 4 aromatic rings. The summed E-state index contributed by atoms with van der Waals surface area (Å²) in [5.74, 6) is 0.412. The van der Waals surface area contributed by atoms with Gasteiger partial charge in [-0.1, -0.05) is 12.1 Å². The first-order chi connectivity index (χ1) is 13.6. The summed E-state index contributed by atoms with van der Waals surface area (Å²) < 4.78 is 7.19. The SMILES string of the molecule is CCOC(=O)c1cc2ccc(NCCN(C)C)nc2n2c1nc1ccccc12. The number of fused-ring (bicyclic) bond motifs is 5. The molecule has 7 nitrogen and oxygen atoms in total. The van der Waals surface area contributed by atoms with Crippen molar-refractivity contribution in [1.82, 2.24) is 19.3 Å². The highest BCUT2D eigenvalue weighted by molar-refractivity contribution is 6.03. The van der Waals surface area contributed by atoms with Gasteiger partial charge in [-0.15, -0.1) is 0 Å². The number of aromatic nitrogens is 3. The van der Waals surface area contributed by atoms with Crippen LogP contribution in [0.25, 0.3) is 27.7 Å². The molecule has 0 atom stereocenters. The summed E-state index contributed by atoms with van der Waals surface area (Å²) in [6.45, 7) is 3.81. The van der Waals surface area contributed by atoms with Crippen LogP contribution in [0.2, 0.25) is 0 Å². The largest absolute Gasteiger partial charge is 0.462 e. The van der Waals surface area contributed by atoms with Crippen LogP contribution in [0.1, 0.15) is 17.3 Å². The summed E-state index contributed by atoms with van der Waals surface area (Å²) in [5, 5.41) is 4.21. The topological polar surface area (TPSA) is 71.8 Å². The standard InChI is InChI=1S/C21H23N5O2/c1-4-28-21(27)15-13-14-9-10-18(22-11-12-25(2)3)24-19(14)26-17-8-6-5-7-16(17)23-20(15)26/h5-10,13H,4,11-12H2,1-3H3,(H,22,24). The Kier molecular flexibility index (Phi) is 4.83. The summed E-state index contributed by atoms with van der Waals surface area (Å²) in [7, 11) is 4.07. The molecule has 4 rings (SSSR count). The van der Waals surface area contributed by atoms with Gasteiger partial charge in [0, 0.05) is 18.5 Å². The average molecular weight is 377 g/mol. The Morgan fingerprint density at radius 2 is 1.96 bits per heavy atom. The van der Waals surface area contributed by atoms with Crippen LogP contribution in [0.5, 0.6) is 0 Å². The molecule has 0 unspecified atom stereocenters. The molecule has 0 spiro atoms. The normalized spacial score (nSPS) is 11.6. The van der Waals surface area contributed by atoms with Crippen molar-refractivity contribution in [2.45, 2.75) is 6.92 Å². The Bertz CT molecular complexity index is 1170. The Balaban J connectivity index is 1.93. The fraction of sp³-hybridized carbons (Fsp3) is 0.286. The fourth-order valence-electron chi connectivity index (χ4n) is 3.26. The quantitative estimate of drug-likeness (QED) is 0.521. The number of para-hydroxylation sites is 2. The van der Waals surface area contributed by atoms with Gasteiger partial charge in [0.1, 0.15) is 17.0 Å². The molecule has 1 N–H and O–H groups in total. The van der Waals surface area contributed by atoms with E-state index in [1.165, 1.54) is 0 Å². The van der Waals surface area contributed by atoms with Crippen molar-refractivity contribution < 1.29 is 9.53 Å². The van der Waals surface area contributed by atoms with Crippen LogP contribution in [-0.4, -0.2) is 59.0 Å². The van der Waals surface area contributed by atoms with E-state index in [0.717, 1.165) is 41.0 Å². The van der Waals surface area contributed by atoms with Gasteiger partial charge in [-0.2, -0.15) is 0 Å². The van der Waals surface area contributed by atoms with Gasteiger partial charge in [0.25, 0.3) is 0 Å². The number of hydrogen-bond donors (Lipinski definition) is 1. The first kappa shape index (κ1) is 18.2. The van der Waals surface area contributed by atoms with E-state index in [4.69, 9.17) is 9.72 Å². The zero-order chi connectivity index (χ0) is 19.7. The lowest BCUT2D eigenvalue weighted by atomic mass is 10.2. The van der Waals surface area contributed by atoms with Crippen molar-refractivity contribution in [2.24, 2.45) is 0 Å². The summed E-state index contributed by atoms with van der Waals surface area (Å²) in [6, 6.07) is 13.5. The number of imidazole rings is 1. The van der Waals surface area contributed by atoms with E-state index in [1.807, 2.05) is 61.0 Å². The molecule has 0 aliphatic rings. The van der Waals surface area contributed by atoms with Gasteiger partial charge >= 0.3 is 5.97 Å². The number of likely N-dealkylation sites (N-methyl/N-ethyl adjacent to an activating group) is 1. The van der Waals surface area contributed by atoms with E-state index >= 15 is 0 Å². The number of carbonyl (C=O) groups is 1. The van der Waals surface area contributed by atoms with Crippen LogP contribution in [0.4, 0.5) is 5.82 Å². The number of benzene rings is 1. The summed E-state index contributed by atoms with van der Waals surface area (Å²) in [6.07, 6.45) is 0. The third-order valence-corrected chi connectivity index (χ3v) is 4.58. The Morgan fingerprint density at radius 1 is 1.14 bits per heavy atom. The lowest BCUT2D eigenvalue weighted by molar-refractivity contribution is 0.0528. The first-order valence-corrected chi connectivity index (χ1v) is 9.35. The number of pyridine rings is 2. The monoisotopic (exact) mass is 377 g/mol. The van der Waals surface area contributed by atoms with E-state index in [-0.39, 0.29) is 5.97 Å². The zero-order valence-electron chi connectivity index (χ0n) is 16.3. The molecule has 0 amide bonds. The molecule has 0 radical (unpaired) electrons. The number of nitrogens with zero attached hydrogens (tertiary/aromatic N) is 4. The minimum absolute atomic E-state index is 0.316. The summed E-state index contributed by atoms with van der Waals surface area (Å²) in [4.78, 5) is 24.1. The molecule has 3 aromatic heterocycles. The van der Waals surface area contributed by atoms with E-state index in [9.17, 15) is 4.79 Å². The first-order valence-electron chi connectivity index (χ1n) is 9.35. The third kappa shape index (κ3) is 3.25. The van der Waals surface area contributed by atoms with E-state index in [2.05, 4.69) is 15.2 Å². The maximum atomic E-state index is 12.5. The van der Waals surface area contributed by atoms with Crippen LogP contribution >= 0.6 is 0 Å².